The number of nitrogens with one attached hydrogen (secondary N) is 2. The van der Waals surface area contributed by atoms with Gasteiger partial charge in [0.15, 0.2) is 5.79 Å². The third-order valence-electron chi connectivity index (χ3n) is 8.73. The Bertz CT molecular complexity index is 1180. The van der Waals surface area contributed by atoms with Gasteiger partial charge < -0.3 is 39.2 Å². The van der Waals surface area contributed by atoms with E-state index in [4.69, 9.17) is 28.5 Å². The summed E-state index contributed by atoms with van der Waals surface area (Å²) in [6.45, 7) is 8.83. The molecule has 5 unspecified atom stereocenters. The van der Waals surface area contributed by atoms with Crippen molar-refractivity contribution in [2.75, 3.05) is 19.8 Å². The fourth-order valence-corrected chi connectivity index (χ4v) is 6.28. The number of benzene rings is 1. The van der Waals surface area contributed by atoms with E-state index in [2.05, 4.69) is 36.6 Å². The third-order valence-corrected chi connectivity index (χ3v) is 8.73. The zero-order valence-electron chi connectivity index (χ0n) is 28.4. The maximum atomic E-state index is 13.3. The molecule has 0 bridgehead atoms. The second-order valence-electron chi connectivity index (χ2n) is 13.1. The average molecular weight is 660 g/mol. The zero-order chi connectivity index (χ0) is 33.6. The van der Waals surface area contributed by atoms with Crippen LogP contribution in [0, 0.1) is 5.92 Å². The van der Waals surface area contributed by atoms with Crippen LogP contribution in [0.25, 0.3) is 0 Å². The summed E-state index contributed by atoms with van der Waals surface area (Å²) in [5, 5.41) is 9.71. The van der Waals surface area contributed by atoms with E-state index in [0.717, 1.165) is 49.8 Å². The summed E-state index contributed by atoms with van der Waals surface area (Å²) in [6.07, 6.45) is 4.78. The molecule has 2 N–H and O–H groups in total. The van der Waals surface area contributed by atoms with E-state index < -0.39 is 36.1 Å². The van der Waals surface area contributed by atoms with E-state index in [9.17, 15) is 14.4 Å². The highest BCUT2D eigenvalue weighted by Crippen LogP contribution is 2.41. The van der Waals surface area contributed by atoms with Crippen LogP contribution in [0.4, 0.5) is 9.59 Å². The van der Waals surface area contributed by atoms with Crippen LogP contribution in [0.1, 0.15) is 97.5 Å². The normalized spacial score (nSPS) is 26.2. The fraction of sp³-hybridized carbons (Fsp3) is 0.714. The Labute approximate surface area is 278 Å². The topological polar surface area (TPSA) is 143 Å². The standard InChI is InChI=1S/C35H53N3O9/c1-5-26-20-28(47-38-26)15-14-27-21-30(44-34(41)37-31(32(39)42-6-2)19-25-11-8-7-9-12-25)22-35(45-27)17-10-13-29(46-35)23-43-33(40)36-18-16-24(3)4/h7-9,11-12,24,27-31H,5-6,10,13-23H2,1-4H3,(H,36,40)(H,37,41)/t27?,28?,29?,30?,31-,35?/m0/s1. The van der Waals surface area contributed by atoms with Crippen LogP contribution in [0.3, 0.4) is 0 Å². The quantitative estimate of drug-likeness (QED) is 0.176. The molecule has 4 rings (SSSR count). The minimum absolute atomic E-state index is 0.0138. The zero-order valence-corrected chi connectivity index (χ0v) is 28.4. The van der Waals surface area contributed by atoms with E-state index >= 15 is 0 Å². The Morgan fingerprint density at radius 1 is 1.02 bits per heavy atom. The van der Waals surface area contributed by atoms with Crippen molar-refractivity contribution in [3.8, 4) is 0 Å². The molecule has 1 spiro atoms. The first-order chi connectivity index (χ1) is 22.7. The van der Waals surface area contributed by atoms with Crippen molar-refractivity contribution >= 4 is 23.9 Å². The van der Waals surface area contributed by atoms with Crippen LogP contribution in [-0.4, -0.2) is 79.9 Å². The summed E-state index contributed by atoms with van der Waals surface area (Å²) in [5.74, 6) is -1.04. The number of carbonyl (C=O) groups is 3. The molecule has 0 aliphatic carbocycles. The van der Waals surface area contributed by atoms with E-state index in [0.29, 0.717) is 38.1 Å². The lowest BCUT2D eigenvalue weighted by molar-refractivity contribution is -0.330. The second-order valence-corrected chi connectivity index (χ2v) is 13.1. The van der Waals surface area contributed by atoms with Gasteiger partial charge in [-0.15, -0.1) is 0 Å². The highest BCUT2D eigenvalue weighted by Gasteiger charge is 2.47. The molecule has 2 fully saturated rings. The highest BCUT2D eigenvalue weighted by atomic mass is 16.7. The SMILES string of the molecule is CCOC(=O)[C@H](Cc1ccccc1)NC(=O)OC1CC(CCC2CC(CC)=NO2)OC2(CCCC(COC(=O)NCCC(C)C)O2)C1. The molecule has 6 atom stereocenters. The van der Waals surface area contributed by atoms with Gasteiger partial charge in [0.2, 0.25) is 0 Å². The minimum atomic E-state index is -1.000. The lowest BCUT2D eigenvalue weighted by Crippen LogP contribution is -2.54. The van der Waals surface area contributed by atoms with Crippen LogP contribution >= 0.6 is 0 Å². The van der Waals surface area contributed by atoms with Crippen molar-refractivity contribution < 1.29 is 42.9 Å². The van der Waals surface area contributed by atoms with Gasteiger partial charge >= 0.3 is 18.2 Å². The maximum Gasteiger partial charge on any atom is 0.408 e. The summed E-state index contributed by atoms with van der Waals surface area (Å²) in [6, 6.07) is 8.54. The number of nitrogens with zero attached hydrogens (tertiary/aromatic N) is 1. The van der Waals surface area contributed by atoms with Gasteiger partial charge in [0, 0.05) is 38.6 Å². The summed E-state index contributed by atoms with van der Waals surface area (Å²) in [5.41, 5.74) is 1.94. The minimum Gasteiger partial charge on any atom is -0.464 e. The molecule has 1 aromatic rings. The molecule has 3 aliphatic heterocycles. The Kier molecular flexibility index (Phi) is 14.1. The molecule has 12 nitrogen and oxygen atoms in total. The van der Waals surface area contributed by atoms with Gasteiger partial charge in [0.25, 0.3) is 0 Å². The Morgan fingerprint density at radius 2 is 1.79 bits per heavy atom. The number of oxime groups is 1. The molecule has 3 heterocycles. The second kappa shape index (κ2) is 18.2. The van der Waals surface area contributed by atoms with Crippen molar-refractivity contribution in [2.45, 2.75) is 135 Å². The average Bonchev–Trinajstić information content (AvgIpc) is 3.51. The number of hydrogen-bond donors (Lipinski definition) is 2. The first kappa shape index (κ1) is 36.5. The Balaban J connectivity index is 1.39. The van der Waals surface area contributed by atoms with Gasteiger partial charge in [0.1, 0.15) is 24.9 Å². The first-order valence-corrected chi connectivity index (χ1v) is 17.3. The molecule has 47 heavy (non-hydrogen) atoms. The molecular weight excluding hydrogens is 606 g/mol. The van der Waals surface area contributed by atoms with Crippen LogP contribution < -0.4 is 10.6 Å². The van der Waals surface area contributed by atoms with Crippen molar-refractivity contribution in [3.63, 3.8) is 0 Å². The summed E-state index contributed by atoms with van der Waals surface area (Å²) < 4.78 is 29.9. The number of hydrogen-bond acceptors (Lipinski definition) is 10. The van der Waals surface area contributed by atoms with Gasteiger partial charge in [-0.3, -0.25) is 0 Å². The van der Waals surface area contributed by atoms with Crippen LogP contribution in [0.15, 0.2) is 35.5 Å². The lowest BCUT2D eigenvalue weighted by atomic mass is 9.89. The number of esters is 1. The van der Waals surface area contributed by atoms with E-state index in [1.54, 1.807) is 6.92 Å². The largest absolute Gasteiger partial charge is 0.464 e. The van der Waals surface area contributed by atoms with Crippen molar-refractivity contribution in [2.24, 2.45) is 11.1 Å². The molecule has 12 heteroatoms. The molecule has 0 aromatic heterocycles. The molecule has 0 radical (unpaired) electrons. The molecular formula is C35H53N3O9. The van der Waals surface area contributed by atoms with Gasteiger partial charge in [-0.2, -0.15) is 0 Å². The Morgan fingerprint density at radius 3 is 2.51 bits per heavy atom. The van der Waals surface area contributed by atoms with E-state index in [-0.39, 0.29) is 37.9 Å². The number of ether oxygens (including phenoxy) is 5. The monoisotopic (exact) mass is 659 g/mol. The van der Waals surface area contributed by atoms with Gasteiger partial charge in [-0.05, 0) is 56.9 Å². The van der Waals surface area contributed by atoms with Gasteiger partial charge in [-0.1, -0.05) is 56.3 Å². The molecule has 0 saturated carbocycles. The molecule has 3 aliphatic rings. The molecule has 2 amide bonds. The number of rotatable bonds is 15. The maximum absolute atomic E-state index is 13.3. The summed E-state index contributed by atoms with van der Waals surface area (Å²) in [7, 11) is 0. The van der Waals surface area contributed by atoms with E-state index in [1.807, 2.05) is 30.3 Å². The Hall–Kier alpha value is -3.38. The molecule has 1 aromatic carbocycles. The predicted octanol–water partition coefficient (Wildman–Crippen LogP) is 5.81. The number of carbonyl (C=O) groups excluding carboxylic acids is 3. The van der Waals surface area contributed by atoms with Crippen LogP contribution in [0.5, 0.6) is 0 Å². The number of amides is 2. The highest BCUT2D eigenvalue weighted by molar-refractivity contribution is 5.85. The summed E-state index contributed by atoms with van der Waals surface area (Å²) in [4.78, 5) is 43.9. The van der Waals surface area contributed by atoms with Crippen molar-refractivity contribution in [3.05, 3.63) is 35.9 Å². The first-order valence-electron chi connectivity index (χ1n) is 17.3. The molecule has 262 valence electrons. The van der Waals surface area contributed by atoms with E-state index in [1.165, 1.54) is 0 Å². The lowest BCUT2D eigenvalue weighted by Gasteiger charge is -2.48. The van der Waals surface area contributed by atoms with Crippen LogP contribution in [0.2, 0.25) is 0 Å². The van der Waals surface area contributed by atoms with Crippen molar-refractivity contribution in [1.82, 2.24) is 10.6 Å². The number of alkyl carbamates (subject to hydrolysis) is 2. The van der Waals surface area contributed by atoms with Crippen LogP contribution in [-0.2, 0) is 39.7 Å². The smallest absolute Gasteiger partial charge is 0.408 e. The van der Waals surface area contributed by atoms with Gasteiger partial charge in [-0.25, -0.2) is 14.4 Å². The predicted molar refractivity (Wildman–Crippen MR) is 175 cm³/mol. The summed E-state index contributed by atoms with van der Waals surface area (Å²) >= 11 is 0. The van der Waals surface area contributed by atoms with Gasteiger partial charge in [0.05, 0.1) is 24.5 Å². The van der Waals surface area contributed by atoms with Crippen molar-refractivity contribution in [1.29, 1.82) is 0 Å². The third kappa shape index (κ3) is 12.0. The fourth-order valence-electron chi connectivity index (χ4n) is 6.28. The molecule has 2 saturated heterocycles.